The number of pyridine rings is 1. The lowest BCUT2D eigenvalue weighted by Crippen LogP contribution is -2.34. The number of anilines is 2. The van der Waals surface area contributed by atoms with Crippen molar-refractivity contribution in [3.63, 3.8) is 0 Å². The zero-order chi connectivity index (χ0) is 18.7. The third-order valence-corrected chi connectivity index (χ3v) is 4.21. The first-order valence-corrected chi connectivity index (χ1v) is 8.43. The third kappa shape index (κ3) is 3.58. The standard InChI is InChI=1S/C18H22N6O2/c1-4-8-19-17(25)13-5-6-15(20-11-13)21-14-7-9-24(18(14)26)16-10-12(2)22-23(16)3/h4-6,10-11,14H,1,7-9H2,2-3H3,(H,19,25)(H,20,21). The van der Waals surface area contributed by atoms with Gasteiger partial charge in [0.2, 0.25) is 0 Å². The fraction of sp³-hybridized carbons (Fsp3) is 0.333. The summed E-state index contributed by atoms with van der Waals surface area (Å²) in [5.74, 6) is 1.13. The highest BCUT2D eigenvalue weighted by Gasteiger charge is 2.34. The first-order valence-electron chi connectivity index (χ1n) is 8.43. The Hall–Kier alpha value is -3.16. The van der Waals surface area contributed by atoms with Crippen LogP contribution in [-0.4, -0.2) is 45.7 Å². The monoisotopic (exact) mass is 354 g/mol. The van der Waals surface area contributed by atoms with Gasteiger partial charge in [0.15, 0.2) is 0 Å². The molecule has 0 radical (unpaired) electrons. The Morgan fingerprint density at radius 3 is 2.88 bits per heavy atom. The number of hydrogen-bond donors (Lipinski definition) is 2. The van der Waals surface area contributed by atoms with Crippen molar-refractivity contribution in [1.82, 2.24) is 20.1 Å². The van der Waals surface area contributed by atoms with Crippen LogP contribution in [0.25, 0.3) is 0 Å². The van der Waals surface area contributed by atoms with Crippen molar-refractivity contribution < 1.29 is 9.59 Å². The van der Waals surface area contributed by atoms with Gasteiger partial charge in [0.1, 0.15) is 17.7 Å². The Bertz CT molecular complexity index is 827. The molecule has 8 nitrogen and oxygen atoms in total. The molecule has 1 atom stereocenters. The molecule has 2 amide bonds. The minimum Gasteiger partial charge on any atom is -0.358 e. The summed E-state index contributed by atoms with van der Waals surface area (Å²) in [6, 6.07) is 4.93. The molecule has 136 valence electrons. The van der Waals surface area contributed by atoms with Gasteiger partial charge in [-0.2, -0.15) is 5.10 Å². The number of nitrogens with zero attached hydrogens (tertiary/aromatic N) is 4. The number of carbonyl (C=O) groups excluding carboxylic acids is 2. The molecule has 2 aromatic rings. The van der Waals surface area contributed by atoms with Crippen LogP contribution in [0.15, 0.2) is 37.1 Å². The van der Waals surface area contributed by atoms with E-state index in [4.69, 9.17) is 0 Å². The van der Waals surface area contributed by atoms with Gasteiger partial charge < -0.3 is 10.6 Å². The second-order valence-electron chi connectivity index (χ2n) is 6.17. The van der Waals surface area contributed by atoms with Crippen LogP contribution >= 0.6 is 0 Å². The fourth-order valence-electron chi connectivity index (χ4n) is 2.95. The maximum absolute atomic E-state index is 12.7. The highest BCUT2D eigenvalue weighted by atomic mass is 16.2. The molecule has 0 aliphatic carbocycles. The average molecular weight is 354 g/mol. The number of aryl methyl sites for hydroxylation is 2. The highest BCUT2D eigenvalue weighted by Crippen LogP contribution is 2.23. The van der Waals surface area contributed by atoms with Crippen molar-refractivity contribution in [2.45, 2.75) is 19.4 Å². The molecule has 2 aromatic heterocycles. The predicted molar refractivity (Wildman–Crippen MR) is 99.1 cm³/mol. The van der Waals surface area contributed by atoms with E-state index in [2.05, 4.69) is 27.3 Å². The van der Waals surface area contributed by atoms with Crippen LogP contribution in [0.5, 0.6) is 0 Å². The lowest BCUT2D eigenvalue weighted by atomic mass is 10.2. The molecule has 0 bridgehead atoms. The van der Waals surface area contributed by atoms with E-state index >= 15 is 0 Å². The maximum atomic E-state index is 12.7. The maximum Gasteiger partial charge on any atom is 0.253 e. The molecule has 1 aliphatic heterocycles. The predicted octanol–water partition coefficient (Wildman–Crippen LogP) is 1.26. The molecule has 1 unspecified atom stereocenters. The van der Waals surface area contributed by atoms with E-state index in [-0.39, 0.29) is 17.9 Å². The summed E-state index contributed by atoms with van der Waals surface area (Å²) in [5.41, 5.74) is 1.33. The number of hydrogen-bond acceptors (Lipinski definition) is 5. The molecule has 1 aliphatic rings. The SMILES string of the molecule is C=CCNC(=O)c1ccc(NC2CCN(c3cc(C)nn3C)C2=O)nc1. The fourth-order valence-corrected chi connectivity index (χ4v) is 2.95. The van der Waals surface area contributed by atoms with Gasteiger partial charge in [-0.3, -0.25) is 19.2 Å². The van der Waals surface area contributed by atoms with Crippen molar-refractivity contribution >= 4 is 23.5 Å². The van der Waals surface area contributed by atoms with Crippen LogP contribution in [0, 0.1) is 6.92 Å². The average Bonchev–Trinajstić information content (AvgIpc) is 3.15. The third-order valence-electron chi connectivity index (χ3n) is 4.21. The molecule has 26 heavy (non-hydrogen) atoms. The summed E-state index contributed by atoms with van der Waals surface area (Å²) >= 11 is 0. The van der Waals surface area contributed by atoms with Gasteiger partial charge in [0.05, 0.1) is 11.3 Å². The van der Waals surface area contributed by atoms with Crippen LogP contribution in [0.4, 0.5) is 11.6 Å². The number of amides is 2. The Labute approximate surface area is 151 Å². The van der Waals surface area contributed by atoms with Gasteiger partial charge in [0.25, 0.3) is 11.8 Å². The van der Waals surface area contributed by atoms with Gasteiger partial charge in [-0.05, 0) is 25.5 Å². The molecule has 0 aromatic carbocycles. The zero-order valence-corrected chi connectivity index (χ0v) is 14.9. The molecule has 0 spiro atoms. The van der Waals surface area contributed by atoms with Gasteiger partial charge in [-0.15, -0.1) is 6.58 Å². The molecule has 8 heteroatoms. The van der Waals surface area contributed by atoms with E-state index in [1.165, 1.54) is 6.20 Å². The second kappa shape index (κ2) is 7.38. The van der Waals surface area contributed by atoms with Crippen LogP contribution < -0.4 is 15.5 Å². The van der Waals surface area contributed by atoms with Gasteiger partial charge >= 0.3 is 0 Å². The van der Waals surface area contributed by atoms with Crippen LogP contribution in [-0.2, 0) is 11.8 Å². The number of nitrogens with one attached hydrogen (secondary N) is 2. The minimum absolute atomic E-state index is 0.0115. The second-order valence-corrected chi connectivity index (χ2v) is 6.17. The summed E-state index contributed by atoms with van der Waals surface area (Å²) in [5, 5.41) is 10.1. The summed E-state index contributed by atoms with van der Waals surface area (Å²) in [6.07, 6.45) is 3.78. The van der Waals surface area contributed by atoms with Crippen molar-refractivity contribution in [3.8, 4) is 0 Å². The molecule has 1 fully saturated rings. The topological polar surface area (TPSA) is 92.2 Å². The summed E-state index contributed by atoms with van der Waals surface area (Å²) in [7, 11) is 1.83. The molecular formula is C18H22N6O2. The van der Waals surface area contributed by atoms with Crippen LogP contribution in [0.2, 0.25) is 0 Å². The quantitative estimate of drug-likeness (QED) is 0.762. The van der Waals surface area contributed by atoms with E-state index in [0.29, 0.717) is 30.9 Å². The van der Waals surface area contributed by atoms with Gasteiger partial charge in [0, 0.05) is 32.4 Å². The number of carbonyl (C=O) groups is 2. The van der Waals surface area contributed by atoms with Gasteiger partial charge in [-0.1, -0.05) is 6.08 Å². The van der Waals surface area contributed by atoms with Gasteiger partial charge in [-0.25, -0.2) is 4.98 Å². The van der Waals surface area contributed by atoms with E-state index in [0.717, 1.165) is 11.5 Å². The summed E-state index contributed by atoms with van der Waals surface area (Å²) in [4.78, 5) is 30.5. The van der Waals surface area contributed by atoms with E-state index < -0.39 is 0 Å². The molecule has 3 heterocycles. The normalized spacial score (nSPS) is 16.6. The Morgan fingerprint density at radius 1 is 1.46 bits per heavy atom. The molecular weight excluding hydrogens is 332 g/mol. The molecule has 1 saturated heterocycles. The van der Waals surface area contributed by atoms with E-state index in [1.807, 2.05) is 20.0 Å². The van der Waals surface area contributed by atoms with Crippen molar-refractivity contribution in [1.29, 1.82) is 0 Å². The number of aromatic nitrogens is 3. The molecule has 3 rings (SSSR count). The van der Waals surface area contributed by atoms with Crippen LogP contribution in [0.3, 0.4) is 0 Å². The zero-order valence-electron chi connectivity index (χ0n) is 14.9. The number of rotatable bonds is 6. The molecule has 2 N–H and O–H groups in total. The lowest BCUT2D eigenvalue weighted by molar-refractivity contribution is -0.117. The Morgan fingerprint density at radius 2 is 2.27 bits per heavy atom. The minimum atomic E-state index is -0.349. The lowest BCUT2D eigenvalue weighted by Gasteiger charge is -2.17. The first-order chi connectivity index (χ1) is 12.5. The van der Waals surface area contributed by atoms with Crippen molar-refractivity contribution in [2.75, 3.05) is 23.3 Å². The van der Waals surface area contributed by atoms with E-state index in [9.17, 15) is 9.59 Å². The largest absolute Gasteiger partial charge is 0.358 e. The smallest absolute Gasteiger partial charge is 0.253 e. The molecule has 0 saturated carbocycles. The Kier molecular flexibility index (Phi) is 5.01. The summed E-state index contributed by atoms with van der Waals surface area (Å²) in [6.45, 7) is 6.48. The van der Waals surface area contributed by atoms with Crippen molar-refractivity contribution in [3.05, 3.63) is 48.3 Å². The summed E-state index contributed by atoms with van der Waals surface area (Å²) < 4.78 is 1.71. The van der Waals surface area contributed by atoms with Crippen LogP contribution in [0.1, 0.15) is 22.5 Å². The Balaban J connectivity index is 1.64. The van der Waals surface area contributed by atoms with E-state index in [1.54, 1.807) is 27.8 Å². The van der Waals surface area contributed by atoms with Crippen molar-refractivity contribution in [2.24, 2.45) is 7.05 Å². The highest BCUT2D eigenvalue weighted by molar-refractivity contribution is 6.00. The first kappa shape index (κ1) is 17.7.